The van der Waals surface area contributed by atoms with Gasteiger partial charge in [0.15, 0.2) is 6.04 Å². The van der Waals surface area contributed by atoms with Crippen LogP contribution in [0.4, 0.5) is 9.59 Å². The molecule has 4 rings (SSSR count). The highest BCUT2D eigenvalue weighted by Gasteiger charge is 2.51. The van der Waals surface area contributed by atoms with E-state index in [-0.39, 0.29) is 18.9 Å². The molecule has 2 bridgehead atoms. The minimum absolute atomic E-state index is 0.166. The van der Waals surface area contributed by atoms with Gasteiger partial charge in [-0.2, -0.15) is 5.06 Å². The number of fused-ring (bicyclic) bond motifs is 4. The fraction of sp³-hybridized carbons (Fsp3) is 0.286. The molecule has 1 fully saturated rings. The van der Waals surface area contributed by atoms with Crippen LogP contribution in [0.15, 0.2) is 48.5 Å². The number of amides is 3. The van der Waals surface area contributed by atoms with Crippen LogP contribution in [0.2, 0.25) is 0 Å². The topological polar surface area (TPSA) is 108 Å². The Bertz CT molecular complexity index is 980. The largest absolute Gasteiger partial charge is 0.479 e. The van der Waals surface area contributed by atoms with Gasteiger partial charge in [0.05, 0.1) is 6.54 Å². The summed E-state index contributed by atoms with van der Waals surface area (Å²) >= 11 is 0. The number of carbonyl (C=O) groups is 3. The number of hydrogen-bond acceptors (Lipinski definition) is 5. The zero-order valence-electron chi connectivity index (χ0n) is 16.3. The predicted octanol–water partition coefficient (Wildman–Crippen LogP) is 2.84. The molecule has 156 valence electrons. The number of carbonyl (C=O) groups excluding carboxylic acids is 2. The fourth-order valence-corrected chi connectivity index (χ4v) is 3.78. The summed E-state index contributed by atoms with van der Waals surface area (Å²) in [5.41, 5.74) is 1.94. The highest BCUT2D eigenvalue weighted by Crippen LogP contribution is 2.45. The van der Waals surface area contributed by atoms with Crippen LogP contribution in [0.3, 0.4) is 0 Å². The molecule has 1 saturated heterocycles. The van der Waals surface area contributed by atoms with E-state index in [2.05, 4.69) is 5.32 Å². The third-order valence-corrected chi connectivity index (χ3v) is 5.09. The predicted molar refractivity (Wildman–Crippen MR) is 104 cm³/mol. The Labute approximate surface area is 172 Å². The van der Waals surface area contributed by atoms with Crippen LogP contribution in [0.25, 0.3) is 0 Å². The second kappa shape index (κ2) is 8.03. The van der Waals surface area contributed by atoms with E-state index in [0.717, 1.165) is 5.56 Å². The molecule has 2 aliphatic rings. The molecular weight excluding hydrogens is 390 g/mol. The van der Waals surface area contributed by atoms with E-state index in [9.17, 15) is 19.5 Å². The van der Waals surface area contributed by atoms with E-state index in [0.29, 0.717) is 17.7 Å². The van der Waals surface area contributed by atoms with Crippen molar-refractivity contribution in [3.63, 3.8) is 0 Å². The number of nitrogens with zero attached hydrogens (tertiary/aromatic N) is 2. The first-order valence-electron chi connectivity index (χ1n) is 9.58. The summed E-state index contributed by atoms with van der Waals surface area (Å²) in [6, 6.07) is 11.9. The summed E-state index contributed by atoms with van der Waals surface area (Å²) in [7, 11) is 0. The minimum Gasteiger partial charge on any atom is -0.479 e. The summed E-state index contributed by atoms with van der Waals surface area (Å²) in [6.07, 6.45) is -0.607. The van der Waals surface area contributed by atoms with E-state index in [1.54, 1.807) is 19.1 Å². The van der Waals surface area contributed by atoms with Crippen LogP contribution >= 0.6 is 0 Å². The first-order chi connectivity index (χ1) is 14.5. The van der Waals surface area contributed by atoms with Crippen molar-refractivity contribution in [2.75, 3.05) is 13.1 Å². The molecule has 30 heavy (non-hydrogen) atoms. The van der Waals surface area contributed by atoms with Gasteiger partial charge < -0.3 is 20.1 Å². The monoisotopic (exact) mass is 411 g/mol. The zero-order valence-corrected chi connectivity index (χ0v) is 16.3. The van der Waals surface area contributed by atoms with Crippen molar-refractivity contribution < 1.29 is 29.1 Å². The van der Waals surface area contributed by atoms with E-state index in [1.807, 2.05) is 30.3 Å². The molecule has 0 saturated carbocycles. The van der Waals surface area contributed by atoms with Gasteiger partial charge in [0, 0.05) is 6.54 Å². The van der Waals surface area contributed by atoms with Gasteiger partial charge in [0.2, 0.25) is 0 Å². The lowest BCUT2D eigenvalue weighted by Crippen LogP contribution is -2.38. The number of rotatable bonds is 6. The molecule has 2 atom stereocenters. The number of nitrogens with one attached hydrogen (secondary N) is 1. The first-order valence-corrected chi connectivity index (χ1v) is 9.58. The van der Waals surface area contributed by atoms with Crippen molar-refractivity contribution in [3.05, 3.63) is 65.2 Å². The Morgan fingerprint density at radius 1 is 1.17 bits per heavy atom. The Kier molecular flexibility index (Phi) is 5.28. The van der Waals surface area contributed by atoms with Gasteiger partial charge in [0.1, 0.15) is 18.4 Å². The average molecular weight is 411 g/mol. The van der Waals surface area contributed by atoms with E-state index >= 15 is 0 Å². The summed E-state index contributed by atoms with van der Waals surface area (Å²) in [4.78, 5) is 43.7. The third kappa shape index (κ3) is 3.55. The summed E-state index contributed by atoms with van der Waals surface area (Å²) in [5.74, 6) is -0.870. The molecule has 2 unspecified atom stereocenters. The van der Waals surface area contributed by atoms with Gasteiger partial charge in [0.25, 0.3) is 0 Å². The molecule has 9 heteroatoms. The average Bonchev–Trinajstić information content (AvgIpc) is 3.00. The molecule has 0 spiro atoms. The Morgan fingerprint density at radius 2 is 1.93 bits per heavy atom. The van der Waals surface area contributed by atoms with Crippen molar-refractivity contribution in [2.24, 2.45) is 0 Å². The number of carboxylic acids is 1. The van der Waals surface area contributed by atoms with Crippen LogP contribution in [0.5, 0.6) is 5.75 Å². The lowest BCUT2D eigenvalue weighted by molar-refractivity contribution is -0.143. The summed E-state index contributed by atoms with van der Waals surface area (Å²) in [6.45, 7) is 2.52. The lowest BCUT2D eigenvalue weighted by Gasteiger charge is -2.30. The fourth-order valence-electron chi connectivity index (χ4n) is 3.78. The molecule has 0 radical (unpaired) electrons. The van der Waals surface area contributed by atoms with Crippen LogP contribution in [0, 0.1) is 0 Å². The molecule has 2 aromatic rings. The maximum atomic E-state index is 12.9. The van der Waals surface area contributed by atoms with Crippen molar-refractivity contribution in [1.29, 1.82) is 0 Å². The first kappa shape index (κ1) is 19.7. The molecule has 2 aromatic carbocycles. The number of hydrogen-bond donors (Lipinski definition) is 2. The second-order valence-electron chi connectivity index (χ2n) is 6.99. The maximum Gasteiger partial charge on any atom is 0.412 e. The quantitative estimate of drug-likeness (QED) is 0.757. The van der Waals surface area contributed by atoms with Gasteiger partial charge in [-0.25, -0.2) is 14.4 Å². The molecule has 2 aliphatic heterocycles. The molecule has 2 N–H and O–H groups in total. The number of hydroxylamine groups is 2. The Balaban J connectivity index is 1.64. The maximum absolute atomic E-state index is 12.9. The number of aliphatic carboxylic acids is 1. The molecular formula is C21H21N3O6. The highest BCUT2D eigenvalue weighted by molar-refractivity contribution is 5.87. The molecule has 2 heterocycles. The van der Waals surface area contributed by atoms with Gasteiger partial charge in [-0.05, 0) is 35.7 Å². The van der Waals surface area contributed by atoms with Crippen molar-refractivity contribution in [2.45, 2.75) is 25.6 Å². The van der Waals surface area contributed by atoms with Crippen molar-refractivity contribution in [1.82, 2.24) is 15.3 Å². The molecule has 0 aliphatic carbocycles. The van der Waals surface area contributed by atoms with E-state index in [4.69, 9.17) is 9.57 Å². The standard InChI is InChI=1S/C21H21N3O6/c1-2-22-20(27)30-14-8-9-15-16(10-14)17-11-23(18(15)19(25)26)21(28)24(17)29-12-13-6-4-3-5-7-13/h3-10,17-18H,2,11-12H2,1H3,(H,22,27)(H,25,26). The number of ether oxygens (including phenoxy) is 1. The summed E-state index contributed by atoms with van der Waals surface area (Å²) in [5, 5.41) is 13.5. The van der Waals surface area contributed by atoms with Gasteiger partial charge in [-0.15, -0.1) is 0 Å². The van der Waals surface area contributed by atoms with Gasteiger partial charge in [-0.1, -0.05) is 36.4 Å². The van der Waals surface area contributed by atoms with Crippen LogP contribution in [0.1, 0.15) is 35.7 Å². The summed E-state index contributed by atoms with van der Waals surface area (Å²) < 4.78 is 5.26. The Morgan fingerprint density at radius 3 is 2.63 bits per heavy atom. The smallest absolute Gasteiger partial charge is 0.412 e. The number of carboxylic acid groups (broad SMARTS) is 1. The Hall–Kier alpha value is -3.59. The number of benzene rings is 2. The molecule has 0 aromatic heterocycles. The normalized spacial score (nSPS) is 19.4. The van der Waals surface area contributed by atoms with E-state index < -0.39 is 30.2 Å². The van der Waals surface area contributed by atoms with Gasteiger partial charge >= 0.3 is 18.1 Å². The SMILES string of the molecule is CCNC(=O)Oc1ccc2c(c1)C1CN(C(=O)N1OCc1ccccc1)C2C(=O)O. The van der Waals surface area contributed by atoms with E-state index in [1.165, 1.54) is 16.0 Å². The minimum atomic E-state index is -1.13. The lowest BCUT2D eigenvalue weighted by atomic mass is 9.91. The van der Waals surface area contributed by atoms with Crippen LogP contribution in [-0.4, -0.2) is 46.3 Å². The van der Waals surface area contributed by atoms with Crippen LogP contribution in [-0.2, 0) is 16.2 Å². The third-order valence-electron chi connectivity index (χ3n) is 5.09. The van der Waals surface area contributed by atoms with Crippen molar-refractivity contribution in [3.8, 4) is 5.75 Å². The van der Waals surface area contributed by atoms with Gasteiger partial charge in [-0.3, -0.25) is 4.84 Å². The second-order valence-corrected chi connectivity index (χ2v) is 6.99. The number of urea groups is 1. The molecule has 3 amide bonds. The zero-order chi connectivity index (χ0) is 21.3. The highest BCUT2D eigenvalue weighted by atomic mass is 16.7. The molecule has 9 nitrogen and oxygen atoms in total. The van der Waals surface area contributed by atoms with Crippen molar-refractivity contribution >= 4 is 18.1 Å². The van der Waals surface area contributed by atoms with Crippen LogP contribution < -0.4 is 10.1 Å².